The van der Waals surface area contributed by atoms with E-state index >= 15 is 0 Å². The normalized spacial score (nSPS) is 12.1. The predicted octanol–water partition coefficient (Wildman–Crippen LogP) is 3.89. The minimum atomic E-state index is -0.801. The van der Waals surface area contributed by atoms with Crippen LogP contribution in [0.5, 0.6) is 0 Å². The molecule has 2 aromatic rings. The number of carbonyl (C=O) groups excluding carboxylic acids is 2. The van der Waals surface area contributed by atoms with Crippen LogP contribution in [0.2, 0.25) is 0 Å². The van der Waals surface area contributed by atoms with Gasteiger partial charge in [0.2, 0.25) is 0 Å². The van der Waals surface area contributed by atoms with E-state index in [2.05, 4.69) is 17.4 Å². The Kier molecular flexibility index (Phi) is 6.99. The number of ether oxygens (including phenoxy) is 2. The van der Waals surface area contributed by atoms with Gasteiger partial charge in [0, 0.05) is 6.42 Å². The highest BCUT2D eigenvalue weighted by Crippen LogP contribution is 2.13. The molecule has 27 heavy (non-hydrogen) atoms. The second kappa shape index (κ2) is 9.21. The van der Waals surface area contributed by atoms with Gasteiger partial charge in [0.05, 0.1) is 7.11 Å². The zero-order valence-electron chi connectivity index (χ0n) is 16.3. The van der Waals surface area contributed by atoms with E-state index < -0.39 is 23.7 Å². The summed E-state index contributed by atoms with van der Waals surface area (Å²) in [5.74, 6) is -0.505. The van der Waals surface area contributed by atoms with Crippen LogP contribution >= 0.6 is 0 Å². The van der Waals surface area contributed by atoms with Crippen LogP contribution < -0.4 is 5.32 Å². The highest BCUT2D eigenvalue weighted by atomic mass is 16.6. The summed E-state index contributed by atoms with van der Waals surface area (Å²) >= 11 is 0. The van der Waals surface area contributed by atoms with E-state index in [0.29, 0.717) is 6.42 Å². The lowest BCUT2D eigenvalue weighted by Crippen LogP contribution is -2.45. The summed E-state index contributed by atoms with van der Waals surface area (Å²) in [6, 6.07) is 17.4. The summed E-state index contributed by atoms with van der Waals surface area (Å²) in [7, 11) is 1.30. The molecule has 5 nitrogen and oxygen atoms in total. The molecule has 0 saturated carbocycles. The first kappa shape index (κ1) is 20.5. The summed E-state index contributed by atoms with van der Waals surface area (Å²) in [4.78, 5) is 24.0. The Balaban J connectivity index is 2.02. The molecule has 5 heteroatoms. The Labute approximate surface area is 160 Å². The molecule has 1 N–H and O–H groups in total. The van der Waals surface area contributed by atoms with Crippen molar-refractivity contribution in [1.29, 1.82) is 0 Å². The van der Waals surface area contributed by atoms with Gasteiger partial charge in [0.1, 0.15) is 11.6 Å². The van der Waals surface area contributed by atoms with Gasteiger partial charge in [0.15, 0.2) is 0 Å². The molecule has 0 radical (unpaired) electrons. The zero-order chi connectivity index (χ0) is 19.9. The Bertz CT molecular complexity index is 748. The number of nitrogens with one attached hydrogen (secondary N) is 1. The van der Waals surface area contributed by atoms with E-state index in [-0.39, 0.29) is 0 Å². The van der Waals surface area contributed by atoms with Crippen LogP contribution in [0.15, 0.2) is 54.6 Å². The third-order valence-electron chi connectivity index (χ3n) is 3.89. The number of carbonyl (C=O) groups is 2. The molecule has 0 bridgehead atoms. The van der Waals surface area contributed by atoms with Gasteiger partial charge in [-0.3, -0.25) is 0 Å². The van der Waals surface area contributed by atoms with Crippen molar-refractivity contribution >= 4 is 12.1 Å². The highest BCUT2D eigenvalue weighted by molar-refractivity contribution is 5.81. The standard InChI is InChI=1S/C22H27NO4/c1-22(2,3)27-21(25)23-19(20(24)26-4)15-18-12-10-17(11-13-18)14-16-8-6-5-7-9-16/h5-13,19H,14-15H2,1-4H3,(H,23,25)/t19-/m1/s1. The van der Waals surface area contributed by atoms with Crippen LogP contribution in [0, 0.1) is 0 Å². The van der Waals surface area contributed by atoms with Gasteiger partial charge < -0.3 is 14.8 Å². The first-order valence-corrected chi connectivity index (χ1v) is 8.96. The molecule has 0 aliphatic carbocycles. The minimum absolute atomic E-state index is 0.331. The number of amides is 1. The lowest BCUT2D eigenvalue weighted by molar-refractivity contribution is -0.143. The molecule has 0 heterocycles. The molecule has 2 aromatic carbocycles. The van der Waals surface area contributed by atoms with E-state index in [9.17, 15) is 9.59 Å². The number of hydrogen-bond donors (Lipinski definition) is 1. The van der Waals surface area contributed by atoms with Crippen molar-refractivity contribution in [3.8, 4) is 0 Å². The molecule has 0 aliphatic rings. The van der Waals surface area contributed by atoms with Crippen molar-refractivity contribution in [3.05, 3.63) is 71.3 Å². The monoisotopic (exact) mass is 369 g/mol. The molecule has 0 aromatic heterocycles. The van der Waals surface area contributed by atoms with Crippen molar-refractivity contribution < 1.29 is 19.1 Å². The van der Waals surface area contributed by atoms with Crippen molar-refractivity contribution in [2.75, 3.05) is 7.11 Å². The number of hydrogen-bond acceptors (Lipinski definition) is 4. The van der Waals surface area contributed by atoms with Gasteiger partial charge in [-0.15, -0.1) is 0 Å². The van der Waals surface area contributed by atoms with Gasteiger partial charge >= 0.3 is 12.1 Å². The molecule has 0 saturated heterocycles. The van der Waals surface area contributed by atoms with Gasteiger partial charge in [-0.2, -0.15) is 0 Å². The quantitative estimate of drug-likeness (QED) is 0.785. The van der Waals surface area contributed by atoms with Crippen LogP contribution in [0.4, 0.5) is 4.79 Å². The third-order valence-corrected chi connectivity index (χ3v) is 3.89. The van der Waals surface area contributed by atoms with E-state index in [0.717, 1.165) is 12.0 Å². The van der Waals surface area contributed by atoms with Crippen molar-refractivity contribution in [3.63, 3.8) is 0 Å². The van der Waals surface area contributed by atoms with E-state index in [1.54, 1.807) is 20.8 Å². The summed E-state index contributed by atoms with van der Waals surface area (Å²) in [6.07, 6.45) is 0.536. The topological polar surface area (TPSA) is 64.6 Å². The summed E-state index contributed by atoms with van der Waals surface area (Å²) in [5, 5.41) is 2.59. The largest absolute Gasteiger partial charge is 0.467 e. The van der Waals surface area contributed by atoms with E-state index in [1.165, 1.54) is 18.2 Å². The van der Waals surface area contributed by atoms with Gasteiger partial charge in [0.25, 0.3) is 0 Å². The number of alkyl carbamates (subject to hydrolysis) is 1. The van der Waals surface area contributed by atoms with Gasteiger partial charge in [-0.1, -0.05) is 54.6 Å². The highest BCUT2D eigenvalue weighted by Gasteiger charge is 2.25. The Morgan fingerprint density at radius 2 is 1.48 bits per heavy atom. The average Bonchev–Trinajstić information content (AvgIpc) is 2.61. The SMILES string of the molecule is COC(=O)[C@@H](Cc1ccc(Cc2ccccc2)cc1)NC(=O)OC(C)(C)C. The number of esters is 1. The number of methoxy groups -OCH3 is 1. The third kappa shape index (κ3) is 7.13. The Morgan fingerprint density at radius 3 is 2.04 bits per heavy atom. The van der Waals surface area contributed by atoms with Crippen LogP contribution in [-0.4, -0.2) is 30.8 Å². The molecule has 1 atom stereocenters. The molecule has 0 unspecified atom stereocenters. The first-order chi connectivity index (χ1) is 12.8. The molecular formula is C22H27NO4. The van der Waals surface area contributed by atoms with Crippen molar-refractivity contribution in [1.82, 2.24) is 5.32 Å². The molecule has 2 rings (SSSR count). The first-order valence-electron chi connectivity index (χ1n) is 8.96. The molecular weight excluding hydrogens is 342 g/mol. The second-order valence-electron chi connectivity index (χ2n) is 7.40. The number of rotatable bonds is 6. The van der Waals surface area contributed by atoms with E-state index in [4.69, 9.17) is 9.47 Å². The molecule has 1 amide bonds. The zero-order valence-corrected chi connectivity index (χ0v) is 16.3. The lowest BCUT2D eigenvalue weighted by Gasteiger charge is -2.22. The van der Waals surface area contributed by atoms with Crippen LogP contribution in [0.1, 0.15) is 37.5 Å². The van der Waals surface area contributed by atoms with Gasteiger partial charge in [-0.25, -0.2) is 9.59 Å². The molecule has 0 spiro atoms. The maximum Gasteiger partial charge on any atom is 0.408 e. The predicted molar refractivity (Wildman–Crippen MR) is 105 cm³/mol. The molecule has 0 aliphatic heterocycles. The minimum Gasteiger partial charge on any atom is -0.467 e. The van der Waals surface area contributed by atoms with Gasteiger partial charge in [-0.05, 0) is 43.9 Å². The maximum atomic E-state index is 12.0. The average molecular weight is 369 g/mol. The van der Waals surface area contributed by atoms with Crippen LogP contribution in [-0.2, 0) is 27.1 Å². The van der Waals surface area contributed by atoms with Crippen LogP contribution in [0.25, 0.3) is 0 Å². The summed E-state index contributed by atoms with van der Waals surface area (Å²) < 4.78 is 10.0. The lowest BCUT2D eigenvalue weighted by atomic mass is 10.0. The fourth-order valence-electron chi connectivity index (χ4n) is 2.65. The van der Waals surface area contributed by atoms with Crippen molar-refractivity contribution in [2.24, 2.45) is 0 Å². The fraction of sp³-hybridized carbons (Fsp3) is 0.364. The smallest absolute Gasteiger partial charge is 0.408 e. The summed E-state index contributed by atoms with van der Waals surface area (Å²) in [5.41, 5.74) is 2.71. The Morgan fingerprint density at radius 1 is 0.926 bits per heavy atom. The molecule has 0 fully saturated rings. The van der Waals surface area contributed by atoms with E-state index in [1.807, 2.05) is 42.5 Å². The maximum absolute atomic E-state index is 12.0. The van der Waals surface area contributed by atoms with Crippen molar-refractivity contribution in [2.45, 2.75) is 45.3 Å². The second-order valence-corrected chi connectivity index (χ2v) is 7.40. The fourth-order valence-corrected chi connectivity index (χ4v) is 2.65. The Hall–Kier alpha value is -2.82. The summed E-state index contributed by atoms with van der Waals surface area (Å²) in [6.45, 7) is 5.31. The van der Waals surface area contributed by atoms with Crippen LogP contribution in [0.3, 0.4) is 0 Å². The number of benzene rings is 2. The molecule has 144 valence electrons.